The summed E-state index contributed by atoms with van der Waals surface area (Å²) in [5.41, 5.74) is 1.28. The van der Waals surface area contributed by atoms with Crippen LogP contribution in [-0.2, 0) is 0 Å². The van der Waals surface area contributed by atoms with Gasteiger partial charge in [0.2, 0.25) is 0 Å². The Morgan fingerprint density at radius 1 is 0.931 bits per heavy atom. The summed E-state index contributed by atoms with van der Waals surface area (Å²) in [7, 11) is 0. The van der Waals surface area contributed by atoms with E-state index in [-0.39, 0.29) is 11.7 Å². The minimum Gasteiger partial charge on any atom is -0.492 e. The normalized spacial score (nSPS) is 10.3. The van der Waals surface area contributed by atoms with Crippen LogP contribution in [0.5, 0.6) is 11.5 Å². The van der Waals surface area contributed by atoms with Crippen LogP contribution in [-0.4, -0.2) is 30.0 Å². The average molecular weight is 395 g/mol. The molecule has 0 radical (unpaired) electrons. The number of nitrogens with zero attached hydrogens (tertiary/aromatic N) is 1. The molecule has 0 aliphatic rings. The Morgan fingerprint density at radius 3 is 2.03 bits per heavy atom. The van der Waals surface area contributed by atoms with Crippen LogP contribution >= 0.6 is 0 Å². The Bertz CT molecular complexity index is 971. The van der Waals surface area contributed by atoms with Crippen LogP contribution in [0.4, 0.5) is 11.4 Å². The second-order valence-electron chi connectivity index (χ2n) is 5.83. The predicted octanol–water partition coefficient (Wildman–Crippen LogP) is 3.98. The van der Waals surface area contributed by atoms with Crippen LogP contribution < -0.4 is 20.1 Å². The zero-order valence-corrected chi connectivity index (χ0v) is 16.1. The Morgan fingerprint density at radius 2 is 1.52 bits per heavy atom. The highest BCUT2D eigenvalue weighted by Gasteiger charge is 2.18. The number of hydrogen-bond acceptors (Lipinski definition) is 6. The van der Waals surface area contributed by atoms with Gasteiger partial charge in [-0.25, -0.2) is 0 Å². The molecule has 0 aliphatic carbocycles. The Labute approximate surface area is 167 Å². The number of rotatable bonds is 8. The first-order chi connectivity index (χ1) is 14.1. The Balaban J connectivity index is 1.92. The number of ether oxygens (including phenoxy) is 2. The van der Waals surface area contributed by atoms with Crippen LogP contribution in [0, 0.1) is 0 Å². The van der Waals surface area contributed by atoms with Gasteiger partial charge in [0.25, 0.3) is 11.8 Å². The molecule has 0 bridgehead atoms. The van der Waals surface area contributed by atoms with Gasteiger partial charge in [-0.1, -0.05) is 0 Å². The number of anilines is 2. The van der Waals surface area contributed by atoms with E-state index in [9.17, 15) is 9.59 Å². The summed E-state index contributed by atoms with van der Waals surface area (Å²) in [5, 5.41) is 5.57. The van der Waals surface area contributed by atoms with Crippen molar-refractivity contribution in [3.05, 3.63) is 66.4 Å². The lowest BCUT2D eigenvalue weighted by Crippen LogP contribution is -2.15. The van der Waals surface area contributed by atoms with Crippen molar-refractivity contribution in [3.8, 4) is 11.5 Å². The molecule has 0 atom stereocenters. The topological polar surface area (TPSA) is 103 Å². The maximum atomic E-state index is 12.5. The highest BCUT2D eigenvalue weighted by Crippen LogP contribution is 2.37. The summed E-state index contributed by atoms with van der Waals surface area (Å²) in [6, 6.07) is 9.63. The number of nitrogens with one attached hydrogen (secondary N) is 2. The van der Waals surface area contributed by atoms with Crippen molar-refractivity contribution in [2.45, 2.75) is 13.8 Å². The summed E-state index contributed by atoms with van der Waals surface area (Å²) in [6.07, 6.45) is 4.50. The number of amides is 2. The standard InChI is InChI=1S/C21H21N3O5/c1-3-27-18-13-16(24-21(26)17-6-5-11-29-17)19(28-4-2)12-15(18)23-20(25)14-7-9-22-10-8-14/h5-13H,3-4H2,1-2H3,(H,23,25)(H,24,26). The molecule has 0 aliphatic heterocycles. The monoisotopic (exact) mass is 395 g/mol. The van der Waals surface area contributed by atoms with Gasteiger partial charge < -0.3 is 24.5 Å². The van der Waals surface area contributed by atoms with Gasteiger partial charge in [-0.05, 0) is 38.1 Å². The van der Waals surface area contributed by atoms with Crippen molar-refractivity contribution in [2.24, 2.45) is 0 Å². The van der Waals surface area contributed by atoms with E-state index in [1.165, 1.54) is 18.7 Å². The van der Waals surface area contributed by atoms with Crippen LogP contribution in [0.3, 0.4) is 0 Å². The van der Waals surface area contributed by atoms with E-state index in [0.717, 1.165) is 0 Å². The zero-order valence-electron chi connectivity index (χ0n) is 16.1. The molecule has 0 unspecified atom stereocenters. The zero-order chi connectivity index (χ0) is 20.6. The lowest BCUT2D eigenvalue weighted by atomic mass is 10.2. The minimum absolute atomic E-state index is 0.167. The fourth-order valence-electron chi connectivity index (χ4n) is 2.59. The second-order valence-corrected chi connectivity index (χ2v) is 5.83. The highest BCUT2D eigenvalue weighted by atomic mass is 16.5. The average Bonchev–Trinajstić information content (AvgIpc) is 3.27. The number of pyridine rings is 1. The molecule has 2 aromatic heterocycles. The Kier molecular flexibility index (Phi) is 6.47. The molecule has 1 aromatic carbocycles. The van der Waals surface area contributed by atoms with Crippen LogP contribution in [0.1, 0.15) is 34.8 Å². The van der Waals surface area contributed by atoms with Crippen molar-refractivity contribution in [1.82, 2.24) is 4.98 Å². The third kappa shape index (κ3) is 4.92. The lowest BCUT2D eigenvalue weighted by Gasteiger charge is -2.17. The smallest absolute Gasteiger partial charge is 0.291 e. The van der Waals surface area contributed by atoms with Crippen molar-refractivity contribution in [3.63, 3.8) is 0 Å². The summed E-state index contributed by atoms with van der Waals surface area (Å²) in [5.74, 6) is 0.213. The molecule has 29 heavy (non-hydrogen) atoms. The van der Waals surface area contributed by atoms with E-state index in [0.29, 0.717) is 41.7 Å². The number of hydrogen-bond donors (Lipinski definition) is 2. The van der Waals surface area contributed by atoms with Crippen LogP contribution in [0.2, 0.25) is 0 Å². The molecule has 8 nitrogen and oxygen atoms in total. The summed E-state index contributed by atoms with van der Waals surface area (Å²) in [4.78, 5) is 28.8. The van der Waals surface area contributed by atoms with E-state index in [1.807, 2.05) is 13.8 Å². The quantitative estimate of drug-likeness (QED) is 0.598. The molecule has 0 saturated carbocycles. The molecule has 0 saturated heterocycles. The Hall–Kier alpha value is -3.81. The van der Waals surface area contributed by atoms with Gasteiger partial charge >= 0.3 is 0 Å². The number of furan rings is 1. The molecular formula is C21H21N3O5. The van der Waals surface area contributed by atoms with Gasteiger partial charge in [0.05, 0.1) is 30.9 Å². The maximum Gasteiger partial charge on any atom is 0.291 e. The van der Waals surface area contributed by atoms with Crippen molar-refractivity contribution < 1.29 is 23.5 Å². The number of benzene rings is 1. The summed E-state index contributed by atoms with van der Waals surface area (Å²) < 4.78 is 16.4. The van der Waals surface area contributed by atoms with Crippen molar-refractivity contribution in [2.75, 3.05) is 23.8 Å². The first kappa shape index (κ1) is 19.9. The second kappa shape index (κ2) is 9.41. The number of carbonyl (C=O) groups excluding carboxylic acids is 2. The highest BCUT2D eigenvalue weighted by molar-refractivity contribution is 6.06. The molecule has 0 fully saturated rings. The van der Waals surface area contributed by atoms with Gasteiger partial charge in [-0.3, -0.25) is 14.6 Å². The van der Waals surface area contributed by atoms with Gasteiger partial charge in [0, 0.05) is 30.1 Å². The van der Waals surface area contributed by atoms with Crippen molar-refractivity contribution >= 4 is 23.2 Å². The summed E-state index contributed by atoms with van der Waals surface area (Å²) in [6.45, 7) is 4.39. The fourth-order valence-corrected chi connectivity index (χ4v) is 2.59. The third-order valence-corrected chi connectivity index (χ3v) is 3.87. The van der Waals surface area contributed by atoms with E-state index in [1.54, 1.807) is 36.4 Å². The fraction of sp³-hybridized carbons (Fsp3) is 0.190. The molecule has 150 valence electrons. The van der Waals surface area contributed by atoms with E-state index < -0.39 is 5.91 Å². The predicted molar refractivity (Wildman–Crippen MR) is 108 cm³/mol. The van der Waals surface area contributed by atoms with E-state index in [4.69, 9.17) is 13.9 Å². The molecule has 2 N–H and O–H groups in total. The van der Waals surface area contributed by atoms with E-state index >= 15 is 0 Å². The molecular weight excluding hydrogens is 374 g/mol. The summed E-state index contributed by atoms with van der Waals surface area (Å²) >= 11 is 0. The SMILES string of the molecule is CCOc1cc(NC(=O)c2ccco2)c(OCC)cc1NC(=O)c1ccncc1. The van der Waals surface area contributed by atoms with Crippen LogP contribution in [0.25, 0.3) is 0 Å². The number of carbonyl (C=O) groups is 2. The third-order valence-electron chi connectivity index (χ3n) is 3.87. The first-order valence-corrected chi connectivity index (χ1v) is 9.12. The molecule has 2 heterocycles. The molecule has 0 spiro atoms. The minimum atomic E-state index is -0.424. The largest absolute Gasteiger partial charge is 0.492 e. The van der Waals surface area contributed by atoms with Crippen molar-refractivity contribution in [1.29, 1.82) is 0 Å². The first-order valence-electron chi connectivity index (χ1n) is 9.12. The maximum absolute atomic E-state index is 12.5. The molecule has 8 heteroatoms. The van der Waals surface area contributed by atoms with E-state index in [2.05, 4.69) is 15.6 Å². The molecule has 3 rings (SSSR count). The van der Waals surface area contributed by atoms with Gasteiger partial charge in [0.1, 0.15) is 11.5 Å². The molecule has 2 amide bonds. The van der Waals surface area contributed by atoms with Gasteiger partial charge in [-0.2, -0.15) is 0 Å². The van der Waals surface area contributed by atoms with Gasteiger partial charge in [-0.15, -0.1) is 0 Å². The number of aromatic nitrogens is 1. The van der Waals surface area contributed by atoms with Gasteiger partial charge in [0.15, 0.2) is 5.76 Å². The molecule has 3 aromatic rings. The van der Waals surface area contributed by atoms with Crippen LogP contribution in [0.15, 0.2) is 59.5 Å². The lowest BCUT2D eigenvalue weighted by molar-refractivity contribution is 0.0993.